The van der Waals surface area contributed by atoms with Crippen LogP contribution in [-0.4, -0.2) is 19.6 Å². The van der Waals surface area contributed by atoms with Crippen LogP contribution in [0.3, 0.4) is 0 Å². The highest BCUT2D eigenvalue weighted by Gasteiger charge is 2.12. The van der Waals surface area contributed by atoms with Crippen molar-refractivity contribution in [2.75, 3.05) is 19.6 Å². The Balaban J connectivity index is 0.00000121. The quantitative estimate of drug-likeness (QED) is 0.611. The molecular formula is C17H22Cl2N2O-2. The molecule has 1 fully saturated rings. The highest BCUT2D eigenvalue weighted by Crippen LogP contribution is 2.21. The first-order valence-corrected chi connectivity index (χ1v) is 7.47. The summed E-state index contributed by atoms with van der Waals surface area (Å²) in [6, 6.07) is 14.4. The zero-order valence-corrected chi connectivity index (χ0v) is 14.0. The van der Waals surface area contributed by atoms with Gasteiger partial charge in [-0.25, -0.2) is 0 Å². The minimum atomic E-state index is 0. The van der Waals surface area contributed by atoms with Crippen molar-refractivity contribution >= 4 is 0 Å². The van der Waals surface area contributed by atoms with Crippen LogP contribution in [-0.2, 0) is 6.54 Å². The molecule has 3 nitrogen and oxygen atoms in total. The van der Waals surface area contributed by atoms with E-state index < -0.39 is 0 Å². The van der Waals surface area contributed by atoms with Crippen LogP contribution in [0.2, 0.25) is 0 Å². The van der Waals surface area contributed by atoms with Gasteiger partial charge in [0.05, 0.1) is 6.54 Å². The number of hydrogen-bond donors (Lipinski definition) is 2. The summed E-state index contributed by atoms with van der Waals surface area (Å²) in [6.07, 6.45) is 2.56. The van der Waals surface area contributed by atoms with E-state index in [1.807, 2.05) is 18.2 Å². The number of benzene rings is 1. The smallest absolute Gasteiger partial charge is 0.134 e. The molecule has 3 rings (SSSR count). The summed E-state index contributed by atoms with van der Waals surface area (Å²) >= 11 is 0. The van der Waals surface area contributed by atoms with E-state index in [9.17, 15) is 0 Å². The van der Waals surface area contributed by atoms with Gasteiger partial charge in [0.25, 0.3) is 0 Å². The number of furan rings is 1. The molecule has 5 heteroatoms. The van der Waals surface area contributed by atoms with E-state index in [4.69, 9.17) is 4.42 Å². The fourth-order valence-corrected chi connectivity index (χ4v) is 2.72. The second-order valence-corrected chi connectivity index (χ2v) is 5.46. The fraction of sp³-hybridized carbons (Fsp3) is 0.412. The summed E-state index contributed by atoms with van der Waals surface area (Å²) in [7, 11) is 0. The van der Waals surface area contributed by atoms with Crippen molar-refractivity contribution in [2.45, 2.75) is 19.4 Å². The van der Waals surface area contributed by atoms with Gasteiger partial charge in [-0.1, -0.05) is 30.3 Å². The number of hydrogen-bond acceptors (Lipinski definition) is 3. The van der Waals surface area contributed by atoms with Gasteiger partial charge in [-0.3, -0.25) is 0 Å². The minimum Gasteiger partial charge on any atom is -1.00 e. The predicted molar refractivity (Wildman–Crippen MR) is 81.4 cm³/mol. The Morgan fingerprint density at radius 3 is 2.45 bits per heavy atom. The molecule has 22 heavy (non-hydrogen) atoms. The highest BCUT2D eigenvalue weighted by molar-refractivity contribution is 5.57. The molecule has 0 bridgehead atoms. The van der Waals surface area contributed by atoms with E-state index in [1.165, 1.54) is 12.8 Å². The van der Waals surface area contributed by atoms with Crippen LogP contribution < -0.4 is 35.4 Å². The first-order valence-electron chi connectivity index (χ1n) is 7.47. The molecule has 122 valence electrons. The molecule has 0 unspecified atom stereocenters. The lowest BCUT2D eigenvalue weighted by Crippen LogP contribution is -3.00. The molecule has 0 atom stereocenters. The maximum Gasteiger partial charge on any atom is 0.134 e. The van der Waals surface area contributed by atoms with Gasteiger partial charge in [0, 0.05) is 5.56 Å². The van der Waals surface area contributed by atoms with Crippen LogP contribution in [0.1, 0.15) is 18.6 Å². The largest absolute Gasteiger partial charge is 1.00 e. The maximum absolute atomic E-state index is 5.88. The number of rotatable bonds is 5. The second-order valence-electron chi connectivity index (χ2n) is 5.46. The summed E-state index contributed by atoms with van der Waals surface area (Å²) in [6.45, 7) is 4.22. The molecule has 1 saturated heterocycles. The van der Waals surface area contributed by atoms with Gasteiger partial charge in [0.1, 0.15) is 11.5 Å². The number of halogens is 2. The number of nitrogens with one attached hydrogen (secondary N) is 2. The monoisotopic (exact) mass is 340 g/mol. The summed E-state index contributed by atoms with van der Waals surface area (Å²) in [4.78, 5) is 0. The van der Waals surface area contributed by atoms with E-state index in [-0.39, 0.29) is 24.8 Å². The molecule has 1 aliphatic rings. The Bertz CT molecular complexity index is 524. The Morgan fingerprint density at radius 2 is 1.73 bits per heavy atom. The summed E-state index contributed by atoms with van der Waals surface area (Å²) < 4.78 is 5.88. The summed E-state index contributed by atoms with van der Waals surface area (Å²) in [5.41, 5.74) is 1.14. The van der Waals surface area contributed by atoms with Crippen LogP contribution in [0.25, 0.3) is 11.3 Å². The van der Waals surface area contributed by atoms with Crippen LogP contribution in [0.15, 0.2) is 46.9 Å². The van der Waals surface area contributed by atoms with Crippen molar-refractivity contribution in [3.8, 4) is 11.3 Å². The molecule has 2 heterocycles. The molecule has 0 amide bonds. The fourth-order valence-electron chi connectivity index (χ4n) is 2.72. The zero-order chi connectivity index (χ0) is 13.6. The lowest BCUT2D eigenvalue weighted by molar-refractivity contribution is -0.00100. The topological polar surface area (TPSA) is 37.2 Å². The highest BCUT2D eigenvalue weighted by atomic mass is 35.5. The van der Waals surface area contributed by atoms with E-state index in [0.717, 1.165) is 49.2 Å². The third-order valence-corrected chi connectivity index (χ3v) is 3.91. The van der Waals surface area contributed by atoms with Crippen LogP contribution >= 0.6 is 0 Å². The molecule has 0 spiro atoms. The van der Waals surface area contributed by atoms with Gasteiger partial charge in [-0.05, 0) is 50.5 Å². The molecule has 1 aromatic heterocycles. The summed E-state index contributed by atoms with van der Waals surface area (Å²) in [5.74, 6) is 2.77. The molecule has 0 radical (unpaired) electrons. The Kier molecular flexibility index (Phi) is 8.57. The van der Waals surface area contributed by atoms with Gasteiger partial charge < -0.3 is 39.9 Å². The maximum atomic E-state index is 5.88. The average Bonchev–Trinajstić information content (AvgIpc) is 2.98. The van der Waals surface area contributed by atoms with E-state index >= 15 is 0 Å². The van der Waals surface area contributed by atoms with Crippen molar-refractivity contribution in [1.82, 2.24) is 10.6 Å². The Labute approximate surface area is 144 Å². The van der Waals surface area contributed by atoms with Crippen molar-refractivity contribution in [3.63, 3.8) is 0 Å². The van der Waals surface area contributed by atoms with Gasteiger partial charge in [-0.15, -0.1) is 0 Å². The van der Waals surface area contributed by atoms with E-state index in [1.54, 1.807) is 0 Å². The van der Waals surface area contributed by atoms with Crippen LogP contribution in [0.5, 0.6) is 0 Å². The van der Waals surface area contributed by atoms with Gasteiger partial charge in [0.2, 0.25) is 0 Å². The van der Waals surface area contributed by atoms with Crippen molar-refractivity contribution in [1.29, 1.82) is 0 Å². The third kappa shape index (κ3) is 5.33. The van der Waals surface area contributed by atoms with Gasteiger partial charge in [0.15, 0.2) is 0 Å². The average molecular weight is 341 g/mol. The number of piperidine rings is 1. The summed E-state index contributed by atoms with van der Waals surface area (Å²) in [5, 5.41) is 6.91. The Hall–Kier alpha value is -1.00. The molecule has 2 aromatic rings. The van der Waals surface area contributed by atoms with Crippen LogP contribution in [0.4, 0.5) is 0 Å². The van der Waals surface area contributed by atoms with Crippen molar-refractivity contribution in [3.05, 3.63) is 48.2 Å². The molecule has 0 aliphatic carbocycles. The van der Waals surface area contributed by atoms with Gasteiger partial charge in [-0.2, -0.15) is 0 Å². The van der Waals surface area contributed by atoms with E-state index in [2.05, 4.69) is 34.9 Å². The van der Waals surface area contributed by atoms with Crippen molar-refractivity contribution in [2.24, 2.45) is 5.92 Å². The van der Waals surface area contributed by atoms with Gasteiger partial charge >= 0.3 is 0 Å². The van der Waals surface area contributed by atoms with Crippen LogP contribution in [0, 0.1) is 5.92 Å². The Morgan fingerprint density at radius 1 is 1.00 bits per heavy atom. The van der Waals surface area contributed by atoms with E-state index in [0.29, 0.717) is 0 Å². The van der Waals surface area contributed by atoms with Crippen molar-refractivity contribution < 1.29 is 29.2 Å². The first-order chi connectivity index (χ1) is 9.92. The normalized spacial score (nSPS) is 14.9. The SMILES string of the molecule is [Cl-].[Cl-].c1ccc(-c2ccc(CNCC3CCNCC3)o2)cc1. The molecule has 1 aliphatic heterocycles. The molecule has 0 saturated carbocycles. The second kappa shape index (κ2) is 9.90. The lowest BCUT2D eigenvalue weighted by atomic mass is 9.98. The molecular weight excluding hydrogens is 319 g/mol. The molecule has 1 aromatic carbocycles. The predicted octanol–water partition coefficient (Wildman–Crippen LogP) is -2.96. The first kappa shape index (κ1) is 19.0. The lowest BCUT2D eigenvalue weighted by Gasteiger charge is -2.22. The third-order valence-electron chi connectivity index (χ3n) is 3.91. The standard InChI is InChI=1S/C17H22N2O.2ClH/c1-2-4-15(5-3-1)17-7-6-16(20-17)13-19-12-14-8-10-18-11-9-14;;/h1-7,14,18-19H,8-13H2;2*1H/p-2. The minimum absolute atomic E-state index is 0. The zero-order valence-electron chi connectivity index (χ0n) is 12.5. The molecule has 2 N–H and O–H groups in total.